The Morgan fingerprint density at radius 3 is 2.86 bits per heavy atom. The van der Waals surface area contributed by atoms with Crippen LogP contribution in [0.25, 0.3) is 10.6 Å². The quantitative estimate of drug-likeness (QED) is 0.942. The van der Waals surface area contributed by atoms with Crippen LogP contribution in [-0.4, -0.2) is 40.0 Å². The maximum absolute atomic E-state index is 4.54. The molecule has 3 rings (SSSR count). The number of nitrogens with one attached hydrogen (secondary N) is 1. The van der Waals surface area contributed by atoms with E-state index in [9.17, 15) is 0 Å². The van der Waals surface area contributed by atoms with E-state index in [1.807, 2.05) is 30.7 Å². The lowest BCUT2D eigenvalue weighted by atomic mass is 10.1. The van der Waals surface area contributed by atoms with Gasteiger partial charge in [0.25, 0.3) is 0 Å². The Hall–Kier alpha value is -1.01. The first-order chi connectivity index (χ1) is 9.72. The predicted octanol–water partition coefficient (Wildman–Crippen LogP) is 2.81. The normalized spacial score (nSPS) is 22.8. The molecule has 2 unspecified atom stereocenters. The molecule has 1 fully saturated rings. The van der Waals surface area contributed by atoms with E-state index in [0.717, 1.165) is 30.2 Å². The van der Waals surface area contributed by atoms with Gasteiger partial charge >= 0.3 is 0 Å². The highest BCUT2D eigenvalue weighted by Crippen LogP contribution is 2.26. The van der Waals surface area contributed by atoms with Crippen molar-refractivity contribution in [1.82, 2.24) is 20.2 Å². The number of thiazole rings is 1. The maximum atomic E-state index is 4.54. The molecule has 0 bridgehead atoms. The lowest BCUT2D eigenvalue weighted by molar-refractivity contribution is 0.140. The number of pyridine rings is 1. The third-order valence-corrected chi connectivity index (χ3v) is 4.76. The standard InChI is InChI=1S/C15H20N4S.ClH/c1-11-9-19(12(2)7-17-11)10-14-8-18-15(20-14)13-3-5-16-6-4-13;/h3-6,8,11-12,17H,7,9-10H2,1-2H3;1H. The molecule has 0 saturated carbocycles. The number of piperazine rings is 1. The first-order valence-corrected chi connectivity index (χ1v) is 7.86. The van der Waals surface area contributed by atoms with Crippen LogP contribution in [0.15, 0.2) is 30.7 Å². The van der Waals surface area contributed by atoms with Gasteiger partial charge in [0, 0.05) is 60.7 Å². The fourth-order valence-corrected chi connectivity index (χ4v) is 3.47. The van der Waals surface area contributed by atoms with Crippen LogP contribution in [0.2, 0.25) is 0 Å². The highest BCUT2D eigenvalue weighted by Gasteiger charge is 2.22. The van der Waals surface area contributed by atoms with Crippen molar-refractivity contribution in [2.75, 3.05) is 13.1 Å². The summed E-state index contributed by atoms with van der Waals surface area (Å²) in [7, 11) is 0. The van der Waals surface area contributed by atoms with Crippen LogP contribution in [0.4, 0.5) is 0 Å². The molecule has 2 atom stereocenters. The Morgan fingerprint density at radius 1 is 1.33 bits per heavy atom. The van der Waals surface area contributed by atoms with Gasteiger partial charge in [-0.15, -0.1) is 23.7 Å². The first-order valence-electron chi connectivity index (χ1n) is 7.05. The lowest BCUT2D eigenvalue weighted by Crippen LogP contribution is -2.53. The summed E-state index contributed by atoms with van der Waals surface area (Å²) in [6, 6.07) is 5.17. The molecule has 114 valence electrons. The number of hydrogen-bond acceptors (Lipinski definition) is 5. The molecule has 0 aromatic carbocycles. The van der Waals surface area contributed by atoms with E-state index in [1.54, 1.807) is 11.3 Å². The highest BCUT2D eigenvalue weighted by molar-refractivity contribution is 7.15. The number of hydrogen-bond donors (Lipinski definition) is 1. The second-order valence-electron chi connectivity index (χ2n) is 5.46. The van der Waals surface area contributed by atoms with E-state index in [-0.39, 0.29) is 12.4 Å². The van der Waals surface area contributed by atoms with E-state index >= 15 is 0 Å². The topological polar surface area (TPSA) is 41.1 Å². The van der Waals surface area contributed by atoms with Crippen LogP contribution in [0, 0.1) is 0 Å². The molecule has 1 aliphatic heterocycles. The maximum Gasteiger partial charge on any atom is 0.123 e. The number of nitrogens with zero attached hydrogens (tertiary/aromatic N) is 3. The average Bonchev–Trinajstić information content (AvgIpc) is 2.92. The molecule has 1 N–H and O–H groups in total. The molecule has 0 amide bonds. The molecule has 0 aliphatic carbocycles. The Morgan fingerprint density at radius 2 is 2.10 bits per heavy atom. The Bertz CT molecular complexity index is 560. The van der Waals surface area contributed by atoms with Crippen LogP contribution in [0.3, 0.4) is 0 Å². The molecule has 4 nitrogen and oxygen atoms in total. The van der Waals surface area contributed by atoms with Crippen molar-refractivity contribution in [3.8, 4) is 10.6 Å². The van der Waals surface area contributed by atoms with Gasteiger partial charge in [-0.1, -0.05) is 0 Å². The highest BCUT2D eigenvalue weighted by atomic mass is 35.5. The molecule has 2 aromatic heterocycles. The summed E-state index contributed by atoms with van der Waals surface area (Å²) in [6.07, 6.45) is 5.65. The minimum Gasteiger partial charge on any atom is -0.311 e. The van der Waals surface area contributed by atoms with Gasteiger partial charge in [-0.2, -0.15) is 0 Å². The zero-order chi connectivity index (χ0) is 13.9. The smallest absolute Gasteiger partial charge is 0.123 e. The molecule has 21 heavy (non-hydrogen) atoms. The van der Waals surface area contributed by atoms with Crippen molar-refractivity contribution >= 4 is 23.7 Å². The number of aromatic nitrogens is 2. The van der Waals surface area contributed by atoms with E-state index in [4.69, 9.17) is 0 Å². The van der Waals surface area contributed by atoms with E-state index in [0.29, 0.717) is 12.1 Å². The summed E-state index contributed by atoms with van der Waals surface area (Å²) in [5.74, 6) is 0. The zero-order valence-electron chi connectivity index (χ0n) is 12.3. The number of halogens is 1. The molecule has 0 radical (unpaired) electrons. The second kappa shape index (κ2) is 7.31. The Labute approximate surface area is 136 Å². The van der Waals surface area contributed by atoms with Gasteiger partial charge < -0.3 is 5.32 Å². The minimum absolute atomic E-state index is 0. The number of rotatable bonds is 3. The average molecular weight is 325 g/mol. The van der Waals surface area contributed by atoms with Crippen LogP contribution in [0.1, 0.15) is 18.7 Å². The molecular weight excluding hydrogens is 304 g/mol. The fraction of sp³-hybridized carbons (Fsp3) is 0.467. The first kappa shape index (κ1) is 16.4. The molecule has 2 aromatic rings. The summed E-state index contributed by atoms with van der Waals surface area (Å²) < 4.78 is 0. The van der Waals surface area contributed by atoms with Crippen LogP contribution >= 0.6 is 23.7 Å². The van der Waals surface area contributed by atoms with Crippen molar-refractivity contribution in [2.24, 2.45) is 0 Å². The van der Waals surface area contributed by atoms with Crippen molar-refractivity contribution in [1.29, 1.82) is 0 Å². The SMILES string of the molecule is CC1CN(Cc2cnc(-c3ccncc3)s2)C(C)CN1.Cl. The summed E-state index contributed by atoms with van der Waals surface area (Å²) in [5, 5.41) is 4.60. The fourth-order valence-electron chi connectivity index (χ4n) is 2.53. The van der Waals surface area contributed by atoms with E-state index < -0.39 is 0 Å². The third kappa shape index (κ3) is 4.01. The van der Waals surface area contributed by atoms with Crippen LogP contribution in [0.5, 0.6) is 0 Å². The van der Waals surface area contributed by atoms with Gasteiger partial charge in [0.15, 0.2) is 0 Å². The largest absolute Gasteiger partial charge is 0.311 e. The van der Waals surface area contributed by atoms with E-state index in [2.05, 4.69) is 34.0 Å². The Balaban J connectivity index is 0.00000161. The molecule has 1 saturated heterocycles. The minimum atomic E-state index is 0. The predicted molar refractivity (Wildman–Crippen MR) is 89.9 cm³/mol. The Kier molecular flexibility index (Phi) is 5.70. The zero-order valence-corrected chi connectivity index (χ0v) is 14.0. The molecule has 0 spiro atoms. The second-order valence-corrected chi connectivity index (χ2v) is 6.57. The summed E-state index contributed by atoms with van der Waals surface area (Å²) >= 11 is 1.78. The van der Waals surface area contributed by atoms with Gasteiger partial charge in [-0.25, -0.2) is 4.98 Å². The van der Waals surface area contributed by atoms with Crippen molar-refractivity contribution < 1.29 is 0 Å². The molecule has 1 aliphatic rings. The third-order valence-electron chi connectivity index (χ3n) is 3.73. The van der Waals surface area contributed by atoms with Crippen molar-refractivity contribution in [3.05, 3.63) is 35.6 Å². The summed E-state index contributed by atoms with van der Waals surface area (Å²) in [6.45, 7) is 7.69. The monoisotopic (exact) mass is 324 g/mol. The van der Waals surface area contributed by atoms with E-state index in [1.165, 1.54) is 4.88 Å². The lowest BCUT2D eigenvalue weighted by Gasteiger charge is -2.37. The van der Waals surface area contributed by atoms with Crippen LogP contribution < -0.4 is 5.32 Å². The van der Waals surface area contributed by atoms with Gasteiger partial charge in [-0.05, 0) is 26.0 Å². The van der Waals surface area contributed by atoms with Gasteiger partial charge in [-0.3, -0.25) is 9.88 Å². The molecular formula is C15H21ClN4S. The van der Waals surface area contributed by atoms with Gasteiger partial charge in [0.2, 0.25) is 0 Å². The molecule has 3 heterocycles. The summed E-state index contributed by atoms with van der Waals surface area (Å²) in [5.41, 5.74) is 1.15. The van der Waals surface area contributed by atoms with Gasteiger partial charge in [0.1, 0.15) is 5.01 Å². The van der Waals surface area contributed by atoms with Gasteiger partial charge in [0.05, 0.1) is 0 Å². The van der Waals surface area contributed by atoms with Crippen molar-refractivity contribution in [2.45, 2.75) is 32.5 Å². The van der Waals surface area contributed by atoms with Crippen LogP contribution in [-0.2, 0) is 6.54 Å². The van der Waals surface area contributed by atoms with Crippen molar-refractivity contribution in [3.63, 3.8) is 0 Å². The molecule has 6 heteroatoms. The summed E-state index contributed by atoms with van der Waals surface area (Å²) in [4.78, 5) is 12.5.